The van der Waals surface area contributed by atoms with Gasteiger partial charge in [0.15, 0.2) is 0 Å². The number of rotatable bonds is 4. The van der Waals surface area contributed by atoms with Crippen molar-refractivity contribution < 1.29 is 19.1 Å². The lowest BCUT2D eigenvalue weighted by atomic mass is 10.2. The summed E-state index contributed by atoms with van der Waals surface area (Å²) >= 11 is 0. The summed E-state index contributed by atoms with van der Waals surface area (Å²) in [4.78, 5) is 21.8. The summed E-state index contributed by atoms with van der Waals surface area (Å²) in [6, 6.07) is 3.83. The van der Waals surface area contributed by atoms with E-state index in [1.165, 1.54) is 18.2 Å². The Morgan fingerprint density at radius 2 is 2.11 bits per heavy atom. The zero-order chi connectivity index (χ0) is 13.8. The normalized spacial score (nSPS) is 14.4. The summed E-state index contributed by atoms with van der Waals surface area (Å²) in [5, 5.41) is 13.5. The van der Waals surface area contributed by atoms with Gasteiger partial charge in [0.2, 0.25) is 0 Å². The lowest BCUT2D eigenvalue weighted by molar-refractivity contribution is -0.131. The number of carbonyl (C=O) groups excluding carboxylic acids is 1. The monoisotopic (exact) mass is 264 g/mol. The molecule has 6 heteroatoms. The number of halogens is 1. The van der Waals surface area contributed by atoms with Crippen LogP contribution >= 0.6 is 0 Å². The summed E-state index contributed by atoms with van der Waals surface area (Å²) in [6.07, 6.45) is 4.10. The fraction of sp³-hybridized carbons (Fsp3) is 0.231. The Bertz CT molecular complexity index is 539. The third-order valence-electron chi connectivity index (χ3n) is 2.57. The van der Waals surface area contributed by atoms with E-state index in [4.69, 9.17) is 5.11 Å². The van der Waals surface area contributed by atoms with Crippen LogP contribution in [0, 0.1) is 5.82 Å². The first-order valence-electron chi connectivity index (χ1n) is 5.82. The highest BCUT2D eigenvalue weighted by Gasteiger charge is 2.23. The van der Waals surface area contributed by atoms with Gasteiger partial charge in [0.1, 0.15) is 5.82 Å². The first-order valence-corrected chi connectivity index (χ1v) is 5.82. The molecule has 1 aromatic rings. The van der Waals surface area contributed by atoms with Crippen molar-refractivity contribution in [2.24, 2.45) is 0 Å². The predicted molar refractivity (Wildman–Crippen MR) is 68.2 cm³/mol. The molecule has 1 fully saturated rings. The molecule has 1 aliphatic carbocycles. The van der Waals surface area contributed by atoms with Crippen molar-refractivity contribution in [2.45, 2.75) is 18.9 Å². The number of hydrogen-bond acceptors (Lipinski definition) is 2. The molecule has 19 heavy (non-hydrogen) atoms. The van der Waals surface area contributed by atoms with E-state index < -0.39 is 17.8 Å². The van der Waals surface area contributed by atoms with Crippen LogP contribution in [0.15, 0.2) is 24.3 Å². The molecule has 0 aliphatic heterocycles. The molecule has 1 aromatic carbocycles. The number of carboxylic acid groups (broad SMARTS) is 1. The summed E-state index contributed by atoms with van der Waals surface area (Å²) in [7, 11) is 0. The van der Waals surface area contributed by atoms with E-state index >= 15 is 0 Å². The lowest BCUT2D eigenvalue weighted by Crippen LogP contribution is -2.30. The van der Waals surface area contributed by atoms with Gasteiger partial charge in [-0.2, -0.15) is 0 Å². The molecule has 2 amide bonds. The zero-order valence-corrected chi connectivity index (χ0v) is 10.0. The SMILES string of the molecule is O=C(O)/C=C/c1ccc(NC(=O)NC2CC2)c(F)c1. The van der Waals surface area contributed by atoms with Gasteiger partial charge in [0.05, 0.1) is 5.69 Å². The first kappa shape index (κ1) is 13.1. The van der Waals surface area contributed by atoms with Crippen LogP contribution in [0.25, 0.3) is 6.08 Å². The van der Waals surface area contributed by atoms with E-state index in [2.05, 4.69) is 10.6 Å². The van der Waals surface area contributed by atoms with Gasteiger partial charge in [0.25, 0.3) is 0 Å². The molecule has 0 spiro atoms. The highest BCUT2D eigenvalue weighted by atomic mass is 19.1. The molecule has 0 atom stereocenters. The molecule has 5 nitrogen and oxygen atoms in total. The van der Waals surface area contributed by atoms with Crippen molar-refractivity contribution in [3.63, 3.8) is 0 Å². The predicted octanol–water partition coefficient (Wildman–Crippen LogP) is 2.21. The standard InChI is InChI=1S/C13H13FN2O3/c14-10-7-8(2-6-12(17)18)1-5-11(10)16-13(19)15-9-3-4-9/h1-2,5-7,9H,3-4H2,(H,17,18)(H2,15,16,19)/b6-2+. The smallest absolute Gasteiger partial charge is 0.328 e. The number of amides is 2. The topological polar surface area (TPSA) is 78.4 Å². The minimum absolute atomic E-state index is 0.0608. The summed E-state index contributed by atoms with van der Waals surface area (Å²) < 4.78 is 13.7. The van der Waals surface area contributed by atoms with Gasteiger partial charge in [-0.3, -0.25) is 0 Å². The lowest BCUT2D eigenvalue weighted by Gasteiger charge is -2.07. The minimum atomic E-state index is -1.11. The van der Waals surface area contributed by atoms with Crippen LogP contribution in [-0.4, -0.2) is 23.1 Å². The zero-order valence-electron chi connectivity index (χ0n) is 10.0. The van der Waals surface area contributed by atoms with Gasteiger partial charge < -0.3 is 15.7 Å². The van der Waals surface area contributed by atoms with Gasteiger partial charge in [-0.25, -0.2) is 14.0 Å². The van der Waals surface area contributed by atoms with Crippen LogP contribution < -0.4 is 10.6 Å². The van der Waals surface area contributed by atoms with E-state index in [1.807, 2.05) is 0 Å². The number of carboxylic acids is 1. The summed E-state index contributed by atoms with van der Waals surface area (Å²) in [5.41, 5.74) is 0.471. The number of nitrogens with one attached hydrogen (secondary N) is 2. The maximum absolute atomic E-state index is 13.7. The summed E-state index contributed by atoms with van der Waals surface area (Å²) in [5.74, 6) is -1.72. The molecule has 1 aliphatic rings. The molecule has 3 N–H and O–H groups in total. The molecule has 2 rings (SSSR count). The number of carbonyl (C=O) groups is 2. The van der Waals surface area contributed by atoms with E-state index in [0.717, 1.165) is 25.0 Å². The quantitative estimate of drug-likeness (QED) is 0.729. The van der Waals surface area contributed by atoms with Crippen molar-refractivity contribution in [2.75, 3.05) is 5.32 Å². The molecule has 0 bridgehead atoms. The Kier molecular flexibility index (Phi) is 3.79. The van der Waals surface area contributed by atoms with Crippen LogP contribution in [0.4, 0.5) is 14.9 Å². The molecule has 0 aromatic heterocycles. The fourth-order valence-electron chi connectivity index (χ4n) is 1.48. The Balaban J connectivity index is 2.01. The highest BCUT2D eigenvalue weighted by Crippen LogP contribution is 2.20. The van der Waals surface area contributed by atoms with Gasteiger partial charge in [-0.05, 0) is 36.6 Å². The van der Waals surface area contributed by atoms with Gasteiger partial charge in [-0.15, -0.1) is 0 Å². The maximum Gasteiger partial charge on any atom is 0.328 e. The van der Waals surface area contributed by atoms with Crippen LogP contribution in [0.2, 0.25) is 0 Å². The Morgan fingerprint density at radius 3 is 2.68 bits per heavy atom. The second kappa shape index (κ2) is 5.51. The molecule has 100 valence electrons. The van der Waals surface area contributed by atoms with Gasteiger partial charge in [0, 0.05) is 12.1 Å². The molecular weight excluding hydrogens is 251 g/mol. The van der Waals surface area contributed by atoms with Crippen molar-refractivity contribution in [1.82, 2.24) is 5.32 Å². The average Bonchev–Trinajstić information content (AvgIpc) is 3.13. The third kappa shape index (κ3) is 4.09. The van der Waals surface area contributed by atoms with E-state index in [-0.39, 0.29) is 11.7 Å². The van der Waals surface area contributed by atoms with Gasteiger partial charge in [-0.1, -0.05) is 6.07 Å². The number of benzene rings is 1. The molecule has 1 saturated carbocycles. The number of anilines is 1. The molecule has 0 unspecified atom stereocenters. The van der Waals surface area contributed by atoms with Crippen molar-refractivity contribution in [1.29, 1.82) is 0 Å². The molecular formula is C13H13FN2O3. The number of hydrogen-bond donors (Lipinski definition) is 3. The van der Waals surface area contributed by atoms with Crippen LogP contribution in [-0.2, 0) is 4.79 Å². The Morgan fingerprint density at radius 1 is 1.37 bits per heavy atom. The second-order valence-corrected chi connectivity index (χ2v) is 4.28. The van der Waals surface area contributed by atoms with E-state index in [0.29, 0.717) is 5.56 Å². The van der Waals surface area contributed by atoms with Crippen LogP contribution in [0.5, 0.6) is 0 Å². The van der Waals surface area contributed by atoms with Crippen molar-refractivity contribution >= 4 is 23.8 Å². The van der Waals surface area contributed by atoms with E-state index in [1.54, 1.807) is 0 Å². The van der Waals surface area contributed by atoms with Crippen molar-refractivity contribution in [3.8, 4) is 0 Å². The van der Waals surface area contributed by atoms with Crippen molar-refractivity contribution in [3.05, 3.63) is 35.7 Å². The summed E-state index contributed by atoms with van der Waals surface area (Å²) in [6.45, 7) is 0. The average molecular weight is 264 g/mol. The van der Waals surface area contributed by atoms with Crippen LogP contribution in [0.3, 0.4) is 0 Å². The highest BCUT2D eigenvalue weighted by molar-refractivity contribution is 5.90. The largest absolute Gasteiger partial charge is 0.478 e. The third-order valence-corrected chi connectivity index (χ3v) is 2.57. The molecule has 0 heterocycles. The van der Waals surface area contributed by atoms with Crippen LogP contribution in [0.1, 0.15) is 18.4 Å². The molecule has 0 radical (unpaired) electrons. The fourth-order valence-corrected chi connectivity index (χ4v) is 1.48. The second-order valence-electron chi connectivity index (χ2n) is 4.28. The van der Waals surface area contributed by atoms with E-state index in [9.17, 15) is 14.0 Å². The Labute approximate surface area is 109 Å². The maximum atomic E-state index is 13.7. The number of urea groups is 1. The molecule has 0 saturated heterocycles. The van der Waals surface area contributed by atoms with Gasteiger partial charge >= 0.3 is 12.0 Å². The number of aliphatic carboxylic acids is 1. The first-order chi connectivity index (χ1) is 9.04. The minimum Gasteiger partial charge on any atom is -0.478 e. The Hall–Kier alpha value is -2.37.